The van der Waals surface area contributed by atoms with E-state index in [1.165, 1.54) is 10.4 Å². The standard InChI is InChI=1S/C17H18N8S/c1-11-12(2)26-16-14(11)15(20-10-21-16)18-8-9-19-17-22-23-24-25(17)13-6-4-3-5-7-13/h3-7,10H,8-9H2,1-2H3,(H,18,20,21)(H,19,22,24). The van der Waals surface area contributed by atoms with Crippen molar-refractivity contribution in [2.75, 3.05) is 23.7 Å². The summed E-state index contributed by atoms with van der Waals surface area (Å²) in [5, 5.41) is 19.6. The van der Waals surface area contributed by atoms with Crippen molar-refractivity contribution < 1.29 is 0 Å². The smallest absolute Gasteiger partial charge is 0.247 e. The Hall–Kier alpha value is -3.07. The zero-order valence-electron chi connectivity index (χ0n) is 14.5. The van der Waals surface area contributed by atoms with Crippen molar-refractivity contribution in [3.05, 3.63) is 47.1 Å². The zero-order valence-corrected chi connectivity index (χ0v) is 15.3. The summed E-state index contributed by atoms with van der Waals surface area (Å²) in [6.45, 7) is 5.55. The lowest BCUT2D eigenvalue weighted by Crippen LogP contribution is -2.17. The van der Waals surface area contributed by atoms with Crippen LogP contribution in [0.4, 0.5) is 11.8 Å². The molecule has 4 rings (SSSR count). The van der Waals surface area contributed by atoms with Gasteiger partial charge in [0.15, 0.2) is 0 Å². The number of aryl methyl sites for hydroxylation is 2. The molecule has 9 heteroatoms. The number of rotatable bonds is 6. The number of aromatic nitrogens is 6. The molecule has 8 nitrogen and oxygen atoms in total. The molecule has 26 heavy (non-hydrogen) atoms. The molecule has 0 saturated heterocycles. The molecule has 0 bridgehead atoms. The predicted molar refractivity (Wildman–Crippen MR) is 103 cm³/mol. The summed E-state index contributed by atoms with van der Waals surface area (Å²) in [6.07, 6.45) is 1.60. The molecule has 0 amide bonds. The first-order valence-corrected chi connectivity index (χ1v) is 9.08. The summed E-state index contributed by atoms with van der Waals surface area (Å²) in [4.78, 5) is 11.0. The Morgan fingerprint density at radius 2 is 1.85 bits per heavy atom. The van der Waals surface area contributed by atoms with Crippen molar-refractivity contribution in [1.29, 1.82) is 0 Å². The van der Waals surface area contributed by atoms with Crippen LogP contribution >= 0.6 is 11.3 Å². The molecule has 4 aromatic rings. The number of hydrogen-bond acceptors (Lipinski definition) is 8. The van der Waals surface area contributed by atoms with Gasteiger partial charge in [0.25, 0.3) is 0 Å². The van der Waals surface area contributed by atoms with Crippen LogP contribution in [0.25, 0.3) is 15.9 Å². The molecule has 132 valence electrons. The van der Waals surface area contributed by atoms with Crippen LogP contribution in [0.2, 0.25) is 0 Å². The number of thiophene rings is 1. The van der Waals surface area contributed by atoms with E-state index < -0.39 is 0 Å². The van der Waals surface area contributed by atoms with E-state index in [1.54, 1.807) is 22.3 Å². The summed E-state index contributed by atoms with van der Waals surface area (Å²) >= 11 is 1.69. The molecule has 0 atom stereocenters. The Balaban J connectivity index is 1.42. The quantitative estimate of drug-likeness (QED) is 0.507. The van der Waals surface area contributed by atoms with Gasteiger partial charge in [-0.3, -0.25) is 0 Å². The maximum atomic E-state index is 4.39. The second-order valence-electron chi connectivity index (χ2n) is 5.79. The Labute approximate surface area is 154 Å². The summed E-state index contributed by atoms with van der Waals surface area (Å²) in [7, 11) is 0. The fourth-order valence-corrected chi connectivity index (χ4v) is 3.71. The number of nitrogens with zero attached hydrogens (tertiary/aromatic N) is 6. The van der Waals surface area contributed by atoms with E-state index >= 15 is 0 Å². The number of para-hydroxylation sites is 1. The predicted octanol–water partition coefficient (Wildman–Crippen LogP) is 2.81. The van der Waals surface area contributed by atoms with Gasteiger partial charge in [0, 0.05) is 18.0 Å². The van der Waals surface area contributed by atoms with Crippen molar-refractivity contribution in [2.45, 2.75) is 13.8 Å². The fraction of sp³-hybridized carbons (Fsp3) is 0.235. The van der Waals surface area contributed by atoms with Crippen molar-refractivity contribution in [3.63, 3.8) is 0 Å². The summed E-state index contributed by atoms with van der Waals surface area (Å²) < 4.78 is 1.68. The first kappa shape index (κ1) is 16.4. The van der Waals surface area contributed by atoms with Crippen LogP contribution in [-0.2, 0) is 0 Å². The molecular weight excluding hydrogens is 348 g/mol. The average Bonchev–Trinajstić information content (AvgIpc) is 3.25. The van der Waals surface area contributed by atoms with Gasteiger partial charge in [-0.2, -0.15) is 4.68 Å². The van der Waals surface area contributed by atoms with E-state index in [0.717, 1.165) is 21.7 Å². The molecule has 0 fully saturated rings. The molecular formula is C17H18N8S. The number of benzene rings is 1. The molecule has 0 aliphatic carbocycles. The lowest BCUT2D eigenvalue weighted by molar-refractivity contribution is 0.789. The van der Waals surface area contributed by atoms with Gasteiger partial charge in [-0.25, -0.2) is 9.97 Å². The third-order valence-electron chi connectivity index (χ3n) is 4.14. The molecule has 2 N–H and O–H groups in total. The maximum absolute atomic E-state index is 4.39. The molecule has 0 radical (unpaired) electrons. The van der Waals surface area contributed by atoms with Gasteiger partial charge in [0.2, 0.25) is 5.95 Å². The summed E-state index contributed by atoms with van der Waals surface area (Å²) in [5.74, 6) is 1.47. The van der Waals surface area contributed by atoms with Crippen LogP contribution in [0, 0.1) is 13.8 Å². The second kappa shape index (κ2) is 7.04. The number of hydrogen-bond donors (Lipinski definition) is 2. The molecule has 3 aromatic heterocycles. The van der Waals surface area contributed by atoms with Crippen LogP contribution in [0.3, 0.4) is 0 Å². The van der Waals surface area contributed by atoms with Gasteiger partial charge in [0.05, 0.1) is 11.1 Å². The molecule has 3 heterocycles. The van der Waals surface area contributed by atoms with Crippen LogP contribution in [0.15, 0.2) is 36.7 Å². The minimum Gasteiger partial charge on any atom is -0.368 e. The molecule has 0 aliphatic heterocycles. The van der Waals surface area contributed by atoms with Crippen molar-refractivity contribution >= 4 is 33.3 Å². The Kier molecular flexibility index (Phi) is 4.44. The van der Waals surface area contributed by atoms with Crippen molar-refractivity contribution in [1.82, 2.24) is 30.2 Å². The Bertz CT molecular complexity index is 1020. The van der Waals surface area contributed by atoms with Gasteiger partial charge < -0.3 is 10.6 Å². The maximum Gasteiger partial charge on any atom is 0.247 e. The normalized spacial score (nSPS) is 11.0. The van der Waals surface area contributed by atoms with Gasteiger partial charge in [-0.15, -0.1) is 11.3 Å². The lowest BCUT2D eigenvalue weighted by Gasteiger charge is -2.09. The molecule has 0 unspecified atom stereocenters. The highest BCUT2D eigenvalue weighted by Gasteiger charge is 2.12. The highest BCUT2D eigenvalue weighted by Crippen LogP contribution is 2.32. The Morgan fingerprint density at radius 1 is 1.04 bits per heavy atom. The Morgan fingerprint density at radius 3 is 2.69 bits per heavy atom. The lowest BCUT2D eigenvalue weighted by atomic mass is 10.2. The highest BCUT2D eigenvalue weighted by atomic mass is 32.1. The van der Waals surface area contributed by atoms with E-state index in [9.17, 15) is 0 Å². The van der Waals surface area contributed by atoms with Crippen molar-refractivity contribution in [3.8, 4) is 5.69 Å². The molecule has 1 aromatic carbocycles. The SMILES string of the molecule is Cc1sc2ncnc(NCCNc3nnnn3-c3ccccc3)c2c1C. The second-order valence-corrected chi connectivity index (χ2v) is 6.99. The minimum atomic E-state index is 0.605. The number of anilines is 2. The van der Waals surface area contributed by atoms with Gasteiger partial charge >= 0.3 is 0 Å². The fourth-order valence-electron chi connectivity index (χ4n) is 2.71. The van der Waals surface area contributed by atoms with E-state index in [1.807, 2.05) is 30.3 Å². The highest BCUT2D eigenvalue weighted by molar-refractivity contribution is 7.18. The number of nitrogens with one attached hydrogen (secondary N) is 2. The molecule has 0 aliphatic rings. The van der Waals surface area contributed by atoms with E-state index in [-0.39, 0.29) is 0 Å². The monoisotopic (exact) mass is 366 g/mol. The van der Waals surface area contributed by atoms with Crippen LogP contribution in [-0.4, -0.2) is 43.3 Å². The van der Waals surface area contributed by atoms with Crippen LogP contribution in [0.5, 0.6) is 0 Å². The van der Waals surface area contributed by atoms with E-state index in [4.69, 9.17) is 0 Å². The minimum absolute atomic E-state index is 0.605. The van der Waals surface area contributed by atoms with Gasteiger partial charge in [-0.1, -0.05) is 23.3 Å². The van der Waals surface area contributed by atoms with E-state index in [2.05, 4.69) is 50.0 Å². The average molecular weight is 366 g/mol. The largest absolute Gasteiger partial charge is 0.368 e. The van der Waals surface area contributed by atoms with Gasteiger partial charge in [0.1, 0.15) is 17.0 Å². The topological polar surface area (TPSA) is 93.4 Å². The number of fused-ring (bicyclic) bond motifs is 1. The number of tetrazole rings is 1. The van der Waals surface area contributed by atoms with Crippen LogP contribution in [0.1, 0.15) is 10.4 Å². The zero-order chi connectivity index (χ0) is 17.9. The van der Waals surface area contributed by atoms with Crippen molar-refractivity contribution in [2.24, 2.45) is 0 Å². The molecule has 0 spiro atoms. The molecule has 0 saturated carbocycles. The summed E-state index contributed by atoms with van der Waals surface area (Å²) in [6, 6.07) is 9.78. The first-order valence-electron chi connectivity index (χ1n) is 8.26. The summed E-state index contributed by atoms with van der Waals surface area (Å²) in [5.41, 5.74) is 2.14. The third kappa shape index (κ3) is 3.08. The third-order valence-corrected chi connectivity index (χ3v) is 5.25. The first-order chi connectivity index (χ1) is 12.7. The van der Waals surface area contributed by atoms with Gasteiger partial charge in [-0.05, 0) is 42.0 Å². The van der Waals surface area contributed by atoms with Crippen LogP contribution < -0.4 is 10.6 Å². The van der Waals surface area contributed by atoms with E-state index in [0.29, 0.717) is 19.0 Å².